The number of aliphatic carboxylic acids is 1. The number of rotatable bonds is 30. The highest BCUT2D eigenvalue weighted by Crippen LogP contribution is 2.76. The normalized spacial score (nSPS) is 49.8. The molecule has 7 aliphatic heterocycles. The molecule has 0 spiro atoms. The largest absolute Gasteiger partial charge is 0.479 e. The Morgan fingerprint density at radius 3 is 1.79 bits per heavy atom. The molecule has 0 radical (unpaired) electrons. The monoisotopic (exact) mass is 1710 g/mol. The van der Waals surface area contributed by atoms with Crippen molar-refractivity contribution in [2.75, 3.05) is 39.6 Å². The molecule has 119 heavy (non-hydrogen) atoms. The Kier molecular flexibility index (Phi) is 30.1. The molecule has 11 fully saturated rings. The van der Waals surface area contributed by atoms with Gasteiger partial charge in [0.1, 0.15) is 133 Å². The first-order valence-electron chi connectivity index (χ1n) is 42.6. The number of ether oxygens (including phenoxy) is 14. The molecule has 0 bridgehead atoms. The van der Waals surface area contributed by atoms with Gasteiger partial charge in [-0.25, -0.2) is 4.79 Å². The molecule has 41 atom stereocenters. The summed E-state index contributed by atoms with van der Waals surface area (Å²) in [5.41, 5.74) is -7.25. The smallest absolute Gasteiger partial charge is 0.335 e. The van der Waals surface area contributed by atoms with Crippen LogP contribution in [0.25, 0.3) is 0 Å². The summed E-state index contributed by atoms with van der Waals surface area (Å²) in [7, 11) is 0. The minimum atomic E-state index is -2.24. The first-order valence-corrected chi connectivity index (χ1v) is 42.6. The highest BCUT2D eigenvalue weighted by atomic mass is 16.8. The number of allylic oxidation sites excluding steroid dienone is 2. The Labute approximate surface area is 690 Å². The molecule has 7 saturated heterocycles. The number of aliphatic hydroxyl groups is 18. The number of aliphatic hydroxyl groups excluding tert-OH is 17. The Hall–Kier alpha value is -3.42. The van der Waals surface area contributed by atoms with E-state index in [-0.39, 0.29) is 31.6 Å². The van der Waals surface area contributed by atoms with Crippen molar-refractivity contribution < 1.29 is 183 Å². The van der Waals surface area contributed by atoms with Crippen LogP contribution < -0.4 is 5.32 Å². The Bertz CT molecular complexity index is 3440. The van der Waals surface area contributed by atoms with Crippen LogP contribution >= 0.6 is 0 Å². The quantitative estimate of drug-likeness (QED) is 0.0110. The zero-order valence-corrected chi connectivity index (χ0v) is 68.9. The lowest BCUT2D eigenvalue weighted by Gasteiger charge is -2.71. The third-order valence-corrected chi connectivity index (χ3v) is 29.5. The van der Waals surface area contributed by atoms with Crippen LogP contribution in [0.4, 0.5) is 0 Å². The number of carboxylic acid groups (broad SMARTS) is 1. The minimum Gasteiger partial charge on any atom is -0.479 e. The van der Waals surface area contributed by atoms with Gasteiger partial charge in [-0.1, -0.05) is 111 Å². The number of fused-ring (bicyclic) bond motifs is 7. The number of hydrogen-bond acceptors (Lipinski definition) is 36. The van der Waals surface area contributed by atoms with Crippen molar-refractivity contribution in [2.24, 2.45) is 50.2 Å². The van der Waals surface area contributed by atoms with Crippen molar-refractivity contribution in [3.05, 3.63) is 11.6 Å². The maximum atomic E-state index is 16.2. The number of carbonyl (C=O) groups excluding carboxylic acids is 3. The molecule has 20 N–H and O–H groups in total. The number of unbranched alkanes of at least 4 members (excludes halogenated alkanes) is 8. The number of hydrogen-bond donors (Lipinski definition) is 20. The van der Waals surface area contributed by atoms with Gasteiger partial charge in [-0.2, -0.15) is 0 Å². The van der Waals surface area contributed by atoms with E-state index in [1.807, 2.05) is 0 Å². The van der Waals surface area contributed by atoms with Gasteiger partial charge in [0.2, 0.25) is 12.2 Å². The fraction of sp³-hybridized carbons (Fsp3) is 0.926. The van der Waals surface area contributed by atoms with Gasteiger partial charge >= 0.3 is 11.9 Å². The van der Waals surface area contributed by atoms with Gasteiger partial charge in [0.05, 0.1) is 69.4 Å². The second kappa shape index (κ2) is 37.9. The predicted molar refractivity (Wildman–Crippen MR) is 401 cm³/mol. The van der Waals surface area contributed by atoms with Crippen molar-refractivity contribution >= 4 is 24.1 Å². The summed E-state index contributed by atoms with van der Waals surface area (Å²) >= 11 is 0. The number of carboxylic acids is 1. The summed E-state index contributed by atoms with van der Waals surface area (Å²) in [6.07, 6.45) is -42.3. The molecular weight excluding hydrogens is 1580 g/mol. The van der Waals surface area contributed by atoms with Gasteiger partial charge in [0.25, 0.3) is 0 Å². The maximum Gasteiger partial charge on any atom is 0.335 e. The Morgan fingerprint density at radius 1 is 0.546 bits per heavy atom. The van der Waals surface area contributed by atoms with Crippen LogP contribution in [0, 0.1) is 50.2 Å². The molecule has 0 aromatic heterocycles. The lowest BCUT2D eigenvalue weighted by molar-refractivity contribution is -0.391. The number of aldehydes is 1. The third-order valence-electron chi connectivity index (χ3n) is 29.5. The van der Waals surface area contributed by atoms with Crippen LogP contribution in [0.3, 0.4) is 0 Å². The average Bonchev–Trinajstić information content (AvgIpc) is 0.743. The number of amides is 1. The number of esters is 1. The van der Waals surface area contributed by atoms with E-state index in [1.54, 1.807) is 6.92 Å². The lowest BCUT2D eigenvalue weighted by atomic mass is 9.33. The first-order chi connectivity index (χ1) is 56.2. The van der Waals surface area contributed by atoms with E-state index in [1.165, 1.54) is 6.92 Å². The van der Waals surface area contributed by atoms with Crippen LogP contribution in [0.2, 0.25) is 0 Å². The number of carbonyl (C=O) groups is 4. The SMILES string of the molecule is CCCCCCCCCCCC(=O)N[C@@H]1[C@H](O)[C@@H](O[C@@H]2O[C@@H](C)[C@H](O[C@H]3OC[C@@H](O)[C@H](O[C@H]4OC[C@](O)(CO)[C@H]4O)[C@H]3O)[C@@H](O)[C@H]2O)[C@H](OC(=O)[C@]23CCC(C)(C)CC2C2=CCC4[C@@]5(C)CC[C@H](O[C@@H]6O[C@H](C(=O)O)[C@@H](O)[C@H](O[C@@H]7OC[C@@H](O)[C@H](O)[C@H]7O)[C@H]6O[C@H]6O[C@H](CO)[C@H](O)[C@H](O)[C@H]6O)[C@@](C)(C=O)C5CC[C@@]4(C)[C@]2(C)C[C@H]3O)O[C@@H]1CO. The van der Waals surface area contributed by atoms with E-state index in [9.17, 15) is 111 Å². The molecule has 4 saturated carbocycles. The first kappa shape index (κ1) is 94.7. The van der Waals surface area contributed by atoms with Crippen molar-refractivity contribution in [2.45, 2.75) is 380 Å². The highest BCUT2D eigenvalue weighted by molar-refractivity contribution is 5.80. The van der Waals surface area contributed by atoms with E-state index in [0.29, 0.717) is 44.9 Å². The number of nitrogens with one attached hydrogen (secondary N) is 1. The van der Waals surface area contributed by atoms with E-state index >= 15 is 4.79 Å². The topological polar surface area (TPSA) is 594 Å². The molecule has 12 rings (SSSR count). The molecule has 5 aliphatic carbocycles. The molecule has 3 unspecified atom stereocenters. The third kappa shape index (κ3) is 17.9. The summed E-state index contributed by atoms with van der Waals surface area (Å²) in [6.45, 7) is 11.4. The van der Waals surface area contributed by atoms with Gasteiger partial charge in [-0.15, -0.1) is 0 Å². The standard InChI is InChI=1S/C81H131NO37/c1-9-10-11-12-13-14-15-16-17-18-47(90)82-48-41(29-83)110-71(63(51(48)93)117-69-56(98)53(95)59(36(2)109-69)113-68-58(100)60(40(88)32-107-68)114-73-65(101)80(105,34-86)35-108-73)119-74(104)81-26-25-75(3,4)27-38(81)37-19-20-44-76(5)23-22-46(77(6,33-85)43(76)21-24-78(44,7)79(37,8)28-45(81)89)112-72-64(118-70-55(97)52(94)50(92)42(30-84)111-70)61(57(99)62(116-72)66(102)103)115-67-54(96)49(91)39(87)31-106-67/h19,33,36,38-46,48-65,67-73,83-84,86-89,91-101,105H,9-18,20-32,34-35H2,1-8H3,(H,82,90)(H,102,103)/t36-,38?,39+,40+,41+,42+,43?,44?,45+,46-,48-,49-,50-,51-,52-,53-,54+,55+,56+,57-,58+,59-,60-,61-,62-,63+,64+,65-,67-,68+,69-,70+,71-,72+,73+,76-,77-,78+,79+,80+,81+/m0/s1. The summed E-state index contributed by atoms with van der Waals surface area (Å²) in [6, 6.07) is -1.46. The van der Waals surface area contributed by atoms with Crippen LogP contribution in [0.1, 0.15) is 177 Å². The van der Waals surface area contributed by atoms with Gasteiger partial charge in [-0.05, 0) is 111 Å². The molecule has 0 aromatic carbocycles. The zero-order valence-electron chi connectivity index (χ0n) is 68.9. The molecule has 38 nitrogen and oxygen atoms in total. The maximum absolute atomic E-state index is 16.2. The van der Waals surface area contributed by atoms with Crippen LogP contribution in [0.15, 0.2) is 11.6 Å². The van der Waals surface area contributed by atoms with Crippen molar-refractivity contribution in [1.82, 2.24) is 5.32 Å². The highest BCUT2D eigenvalue weighted by Gasteiger charge is 2.73. The van der Waals surface area contributed by atoms with Gasteiger partial charge in [0.15, 0.2) is 49.9 Å². The summed E-state index contributed by atoms with van der Waals surface area (Å²) in [5, 5.41) is 215. The lowest BCUT2D eigenvalue weighted by Crippen LogP contribution is -2.70. The summed E-state index contributed by atoms with van der Waals surface area (Å²) in [5.74, 6) is -4.74. The fourth-order valence-electron chi connectivity index (χ4n) is 22.1. The van der Waals surface area contributed by atoms with E-state index in [0.717, 1.165) is 63.2 Å². The van der Waals surface area contributed by atoms with Crippen molar-refractivity contribution in [3.8, 4) is 0 Å². The Morgan fingerprint density at radius 2 is 1.14 bits per heavy atom. The van der Waals surface area contributed by atoms with Crippen molar-refractivity contribution in [1.29, 1.82) is 0 Å². The Balaban J connectivity index is 0.801. The predicted octanol–water partition coefficient (Wildman–Crippen LogP) is -3.33. The minimum absolute atomic E-state index is 0.00179. The summed E-state index contributed by atoms with van der Waals surface area (Å²) < 4.78 is 84.8. The average molecular weight is 1710 g/mol. The zero-order chi connectivity index (χ0) is 86.7. The van der Waals surface area contributed by atoms with Gasteiger partial charge in [0, 0.05) is 6.42 Å². The fourth-order valence-corrected chi connectivity index (χ4v) is 22.1. The van der Waals surface area contributed by atoms with Crippen LogP contribution in [0.5, 0.6) is 0 Å². The van der Waals surface area contributed by atoms with E-state index in [2.05, 4.69) is 52.9 Å². The molecule has 38 heteroatoms. The summed E-state index contributed by atoms with van der Waals surface area (Å²) in [4.78, 5) is 57.6. The second-order valence-electron chi connectivity index (χ2n) is 37.5. The van der Waals surface area contributed by atoms with Gasteiger partial charge < -0.3 is 173 Å². The van der Waals surface area contributed by atoms with Gasteiger partial charge in [-0.3, -0.25) is 9.59 Å². The second-order valence-corrected chi connectivity index (χ2v) is 37.5. The molecular formula is C81H131NO37. The van der Waals surface area contributed by atoms with Crippen LogP contribution in [-0.2, 0) is 85.5 Å². The molecule has 682 valence electrons. The van der Waals surface area contributed by atoms with Crippen molar-refractivity contribution in [3.63, 3.8) is 0 Å². The molecule has 12 aliphatic rings. The molecule has 7 heterocycles. The van der Waals surface area contributed by atoms with E-state index < -0.39 is 304 Å². The van der Waals surface area contributed by atoms with E-state index in [4.69, 9.17) is 66.3 Å². The molecule has 1 amide bonds. The molecule has 0 aromatic rings. The van der Waals surface area contributed by atoms with Crippen LogP contribution in [-0.4, -0.2) is 363 Å².